The fourth-order valence-electron chi connectivity index (χ4n) is 3.18. The van der Waals surface area contributed by atoms with Crippen LogP contribution in [0.1, 0.15) is 32.6 Å². The van der Waals surface area contributed by atoms with Crippen LogP contribution in [0, 0.1) is 0 Å². The van der Waals surface area contributed by atoms with Crippen LogP contribution in [0.3, 0.4) is 0 Å². The molecule has 1 unspecified atom stereocenters. The molecule has 0 saturated carbocycles. The Morgan fingerprint density at radius 1 is 0.788 bits per heavy atom. The monoisotopic (exact) mass is 527 g/mol. The maximum Gasteiger partial charge on any atom is 0.319 e. The number of unbranched alkanes of at least 4 members (excludes halogenated alkanes) is 2. The number of benzene rings is 3. The summed E-state index contributed by atoms with van der Waals surface area (Å²) in [5.74, 6) is 0.0350. The van der Waals surface area contributed by atoms with Crippen molar-refractivity contribution in [3.8, 4) is 5.75 Å². The summed E-state index contributed by atoms with van der Waals surface area (Å²) >= 11 is 3.17. The summed E-state index contributed by atoms with van der Waals surface area (Å²) in [6.45, 7) is 2.10. The normalized spacial score (nSPS) is 11.7. The van der Waals surface area contributed by atoms with Gasteiger partial charge in [-0.1, -0.05) is 52.3 Å². The number of carbonyl (C=O) groups is 2. The first-order chi connectivity index (χ1) is 16.0. The predicted molar refractivity (Wildman–Crippen MR) is 135 cm³/mol. The lowest BCUT2D eigenvalue weighted by Gasteiger charge is -2.09. The Labute approximate surface area is 206 Å². The summed E-state index contributed by atoms with van der Waals surface area (Å²) in [5.41, 5.74) is 0. The molecular formula is C27H28BrO4S+. The van der Waals surface area contributed by atoms with Crippen molar-refractivity contribution in [3.63, 3.8) is 0 Å². The van der Waals surface area contributed by atoms with Gasteiger partial charge in [0.2, 0.25) is 0 Å². The van der Waals surface area contributed by atoms with Gasteiger partial charge in [0.15, 0.2) is 14.7 Å². The Hall–Kier alpha value is -2.57. The Bertz CT molecular complexity index is 968. The van der Waals surface area contributed by atoms with Crippen LogP contribution in [-0.4, -0.2) is 23.4 Å². The average Bonchev–Trinajstić information content (AvgIpc) is 2.83. The van der Waals surface area contributed by atoms with E-state index in [1.807, 2.05) is 36.4 Å². The smallest absolute Gasteiger partial charge is 0.319 e. The van der Waals surface area contributed by atoms with E-state index >= 15 is 0 Å². The minimum Gasteiger partial charge on any atom is -0.465 e. The first-order valence-corrected chi connectivity index (χ1v) is 13.1. The molecule has 0 saturated heterocycles. The fourth-order valence-corrected chi connectivity index (χ4v) is 5.40. The lowest BCUT2D eigenvalue weighted by atomic mass is 10.2. The summed E-state index contributed by atoms with van der Waals surface area (Å²) in [6, 6.07) is 28.6. The van der Waals surface area contributed by atoms with Gasteiger partial charge in [-0.3, -0.25) is 9.59 Å². The number of carbonyl (C=O) groups excluding carboxylic acids is 2. The average molecular weight is 528 g/mol. The molecule has 172 valence electrons. The van der Waals surface area contributed by atoms with E-state index in [0.29, 0.717) is 25.2 Å². The third-order valence-corrected chi connectivity index (χ3v) is 7.45. The molecule has 0 N–H and O–H groups in total. The zero-order valence-electron chi connectivity index (χ0n) is 18.6. The molecule has 0 aliphatic carbocycles. The van der Waals surface area contributed by atoms with Crippen LogP contribution >= 0.6 is 15.9 Å². The molecule has 0 aliphatic heterocycles. The van der Waals surface area contributed by atoms with Crippen LogP contribution in [0.5, 0.6) is 5.75 Å². The van der Waals surface area contributed by atoms with Crippen molar-refractivity contribution < 1.29 is 19.1 Å². The summed E-state index contributed by atoms with van der Waals surface area (Å²) < 4.78 is 10.6. The number of halogens is 1. The summed E-state index contributed by atoms with van der Waals surface area (Å²) in [6.07, 6.45) is 2.57. The van der Waals surface area contributed by atoms with Crippen LogP contribution in [0.4, 0.5) is 0 Å². The first-order valence-electron chi connectivity index (χ1n) is 11.0. The summed E-state index contributed by atoms with van der Waals surface area (Å²) in [4.78, 5) is 26.9. The molecule has 3 aromatic rings. The Balaban J connectivity index is 1.52. The van der Waals surface area contributed by atoms with Crippen molar-refractivity contribution in [3.05, 3.63) is 84.9 Å². The van der Waals surface area contributed by atoms with Gasteiger partial charge in [-0.05, 0) is 74.7 Å². The van der Waals surface area contributed by atoms with E-state index in [4.69, 9.17) is 9.47 Å². The van der Waals surface area contributed by atoms with E-state index in [1.54, 1.807) is 6.92 Å². The van der Waals surface area contributed by atoms with E-state index in [9.17, 15) is 9.59 Å². The Kier molecular flexibility index (Phi) is 10.0. The van der Waals surface area contributed by atoms with E-state index in [2.05, 4.69) is 64.5 Å². The van der Waals surface area contributed by atoms with Crippen LogP contribution in [0.2, 0.25) is 0 Å². The van der Waals surface area contributed by atoms with Gasteiger partial charge in [0.05, 0.1) is 17.5 Å². The van der Waals surface area contributed by atoms with Crippen molar-refractivity contribution in [1.82, 2.24) is 0 Å². The molecule has 0 radical (unpaired) electrons. The van der Waals surface area contributed by atoms with Crippen LogP contribution in [0.25, 0.3) is 0 Å². The maximum atomic E-state index is 12.2. The summed E-state index contributed by atoms with van der Waals surface area (Å²) in [7, 11) is -0.230. The molecular weight excluding hydrogens is 500 g/mol. The molecule has 33 heavy (non-hydrogen) atoms. The molecule has 0 amide bonds. The SMILES string of the molecule is CC(Br)C(=O)OCCCCCC(=O)Oc1ccc([S+](c2ccccc2)c2ccccc2)cc1. The first kappa shape index (κ1) is 25.1. The second-order valence-electron chi connectivity index (χ2n) is 7.47. The summed E-state index contributed by atoms with van der Waals surface area (Å²) in [5, 5.41) is 0. The maximum absolute atomic E-state index is 12.2. The van der Waals surface area contributed by atoms with Crippen LogP contribution < -0.4 is 4.74 Å². The fraction of sp³-hybridized carbons (Fsp3) is 0.259. The highest BCUT2D eigenvalue weighted by atomic mass is 79.9. The lowest BCUT2D eigenvalue weighted by Crippen LogP contribution is -2.14. The Morgan fingerprint density at radius 2 is 1.33 bits per heavy atom. The molecule has 3 aromatic carbocycles. The van der Waals surface area contributed by atoms with Gasteiger partial charge in [-0.2, -0.15) is 0 Å². The molecule has 0 bridgehead atoms. The Morgan fingerprint density at radius 3 is 1.88 bits per heavy atom. The van der Waals surface area contributed by atoms with E-state index < -0.39 is 0 Å². The van der Waals surface area contributed by atoms with Crippen molar-refractivity contribution in [2.45, 2.75) is 52.1 Å². The van der Waals surface area contributed by atoms with Gasteiger partial charge in [0.1, 0.15) is 10.6 Å². The minimum absolute atomic E-state index is 0.230. The third kappa shape index (κ3) is 8.06. The molecule has 0 spiro atoms. The van der Waals surface area contributed by atoms with Gasteiger partial charge >= 0.3 is 11.9 Å². The van der Waals surface area contributed by atoms with Crippen molar-refractivity contribution in [2.24, 2.45) is 0 Å². The standard InChI is InChI=1S/C27H28BrO4S/c1-21(28)27(30)31-20-10-4-9-15-26(29)32-22-16-18-25(19-17-22)33(23-11-5-2-6-12-23)24-13-7-3-8-14-24/h2-3,5-8,11-14,16-19,21H,4,9-10,15,20H2,1H3/q+1. The van der Waals surface area contributed by atoms with Gasteiger partial charge in [-0.15, -0.1) is 0 Å². The van der Waals surface area contributed by atoms with Gasteiger partial charge < -0.3 is 9.47 Å². The highest BCUT2D eigenvalue weighted by Gasteiger charge is 2.28. The zero-order chi connectivity index (χ0) is 23.5. The number of esters is 2. The van der Waals surface area contributed by atoms with Crippen molar-refractivity contribution in [1.29, 1.82) is 0 Å². The number of hydrogen-bond acceptors (Lipinski definition) is 4. The largest absolute Gasteiger partial charge is 0.465 e. The minimum atomic E-state index is -0.296. The van der Waals surface area contributed by atoms with Gasteiger partial charge in [0, 0.05) is 6.42 Å². The number of rotatable bonds is 11. The van der Waals surface area contributed by atoms with Crippen LogP contribution in [-0.2, 0) is 25.2 Å². The molecule has 1 atom stereocenters. The number of ether oxygens (including phenoxy) is 2. The molecule has 4 nitrogen and oxygen atoms in total. The molecule has 0 heterocycles. The lowest BCUT2D eigenvalue weighted by molar-refractivity contribution is -0.142. The van der Waals surface area contributed by atoms with Crippen LogP contribution in [0.15, 0.2) is 99.6 Å². The molecule has 0 aliphatic rings. The van der Waals surface area contributed by atoms with Crippen molar-refractivity contribution in [2.75, 3.05) is 6.61 Å². The highest BCUT2D eigenvalue weighted by molar-refractivity contribution is 9.10. The zero-order valence-corrected chi connectivity index (χ0v) is 21.0. The molecule has 0 fully saturated rings. The highest BCUT2D eigenvalue weighted by Crippen LogP contribution is 2.31. The number of alkyl halides is 1. The quantitative estimate of drug-likeness (QED) is 0.0929. The molecule has 6 heteroatoms. The van der Waals surface area contributed by atoms with E-state index in [0.717, 1.165) is 12.8 Å². The van der Waals surface area contributed by atoms with Gasteiger partial charge in [-0.25, -0.2) is 0 Å². The second kappa shape index (κ2) is 13.2. The second-order valence-corrected chi connectivity index (χ2v) is 10.9. The van der Waals surface area contributed by atoms with E-state index in [1.165, 1.54) is 14.7 Å². The van der Waals surface area contributed by atoms with Crippen molar-refractivity contribution >= 4 is 38.8 Å². The predicted octanol–water partition coefficient (Wildman–Crippen LogP) is 6.57. The molecule has 3 rings (SSSR count). The molecule has 0 aromatic heterocycles. The topological polar surface area (TPSA) is 52.6 Å². The van der Waals surface area contributed by atoms with E-state index in [-0.39, 0.29) is 27.7 Å². The number of hydrogen-bond donors (Lipinski definition) is 0. The third-order valence-electron chi connectivity index (χ3n) is 4.84. The van der Waals surface area contributed by atoms with Gasteiger partial charge in [0.25, 0.3) is 0 Å².